The van der Waals surface area contributed by atoms with E-state index in [1.54, 1.807) is 4.90 Å². The number of hydrogen-bond donors (Lipinski definition) is 0. The number of nitro benzene ring substituents is 1. The molecule has 1 aromatic carbocycles. The van der Waals surface area contributed by atoms with Gasteiger partial charge in [-0.3, -0.25) is 14.9 Å². The summed E-state index contributed by atoms with van der Waals surface area (Å²) in [7, 11) is 0. The van der Waals surface area contributed by atoms with E-state index in [2.05, 4.69) is 13.8 Å². The van der Waals surface area contributed by atoms with Crippen molar-refractivity contribution in [1.82, 2.24) is 4.90 Å². The number of amides is 1. The molecule has 2 atom stereocenters. The lowest BCUT2D eigenvalue weighted by atomic mass is 9.92. The van der Waals surface area contributed by atoms with Crippen LogP contribution in [0.4, 0.5) is 5.69 Å². The van der Waals surface area contributed by atoms with Crippen molar-refractivity contribution >= 4 is 23.6 Å². The maximum atomic E-state index is 12.2. The molecule has 1 fully saturated rings. The maximum Gasteiger partial charge on any atom is 0.331 e. The summed E-state index contributed by atoms with van der Waals surface area (Å²) in [5.41, 5.74) is -0.0446. The molecule has 0 aliphatic carbocycles. The third-order valence-corrected chi connectivity index (χ3v) is 4.68. The predicted octanol–water partition coefficient (Wildman–Crippen LogP) is 2.38. The molecule has 0 spiro atoms. The summed E-state index contributed by atoms with van der Waals surface area (Å²) in [5.74, 6) is 0.474. The second kappa shape index (κ2) is 8.28. The van der Waals surface area contributed by atoms with Crippen molar-refractivity contribution in [3.05, 3.63) is 33.9 Å². The second-order valence-corrected chi connectivity index (χ2v) is 7.21. The number of ether oxygens (including phenoxy) is 3. The highest BCUT2D eigenvalue weighted by Gasteiger charge is 2.26. The van der Waals surface area contributed by atoms with Gasteiger partial charge in [0.15, 0.2) is 18.1 Å². The van der Waals surface area contributed by atoms with Gasteiger partial charge >= 0.3 is 5.97 Å². The van der Waals surface area contributed by atoms with Gasteiger partial charge in [0.1, 0.15) is 0 Å². The molecule has 0 aromatic heterocycles. The Labute approximate surface area is 162 Å². The molecule has 0 N–H and O–H groups in total. The zero-order valence-electron chi connectivity index (χ0n) is 15.8. The van der Waals surface area contributed by atoms with E-state index in [0.29, 0.717) is 30.7 Å². The molecule has 0 bridgehead atoms. The van der Waals surface area contributed by atoms with Gasteiger partial charge in [-0.25, -0.2) is 4.79 Å². The number of hydrogen-bond acceptors (Lipinski definition) is 7. The third-order valence-electron chi connectivity index (χ3n) is 4.68. The minimum absolute atomic E-state index is 0.0163. The van der Waals surface area contributed by atoms with Crippen LogP contribution in [0.5, 0.6) is 11.5 Å². The fourth-order valence-electron chi connectivity index (χ4n) is 3.54. The van der Waals surface area contributed by atoms with Crippen molar-refractivity contribution < 1.29 is 28.7 Å². The first-order chi connectivity index (χ1) is 13.3. The van der Waals surface area contributed by atoms with Crippen LogP contribution in [0, 0.1) is 22.0 Å². The molecule has 1 amide bonds. The Morgan fingerprint density at radius 1 is 1.25 bits per heavy atom. The van der Waals surface area contributed by atoms with Crippen LogP contribution in [0.15, 0.2) is 18.2 Å². The Balaban J connectivity index is 1.60. The number of nitro groups is 1. The van der Waals surface area contributed by atoms with Gasteiger partial charge in [-0.2, -0.15) is 0 Å². The normalized spacial score (nSPS) is 21.0. The Morgan fingerprint density at radius 2 is 1.89 bits per heavy atom. The SMILES string of the molecule is C[C@@H]1C[C@@H](C)CN(C(=O)COC(=O)/C=C/c2cc3c(cc2[N+](=O)[O-])OCO3)C1. The number of carbonyl (C=O) groups excluding carboxylic acids is 2. The minimum atomic E-state index is -0.751. The zero-order valence-corrected chi connectivity index (χ0v) is 15.8. The number of rotatable bonds is 5. The number of nitrogens with zero attached hydrogens (tertiary/aromatic N) is 2. The highest BCUT2D eigenvalue weighted by atomic mass is 16.7. The Kier molecular flexibility index (Phi) is 5.81. The van der Waals surface area contributed by atoms with Gasteiger partial charge in [0.25, 0.3) is 11.6 Å². The van der Waals surface area contributed by atoms with Crippen molar-refractivity contribution in [3.8, 4) is 11.5 Å². The van der Waals surface area contributed by atoms with Gasteiger partial charge in [0.05, 0.1) is 16.6 Å². The molecule has 3 rings (SSSR count). The number of fused-ring (bicyclic) bond motifs is 1. The fraction of sp³-hybridized carbons (Fsp3) is 0.474. The van der Waals surface area contributed by atoms with Crippen molar-refractivity contribution in [2.24, 2.45) is 11.8 Å². The van der Waals surface area contributed by atoms with Crippen LogP contribution in [-0.4, -0.2) is 48.2 Å². The summed E-state index contributed by atoms with van der Waals surface area (Å²) < 4.78 is 15.3. The monoisotopic (exact) mass is 390 g/mol. The first-order valence-electron chi connectivity index (χ1n) is 9.04. The molecule has 0 radical (unpaired) electrons. The van der Waals surface area contributed by atoms with E-state index in [4.69, 9.17) is 14.2 Å². The molecule has 1 saturated heterocycles. The van der Waals surface area contributed by atoms with E-state index in [0.717, 1.165) is 12.5 Å². The summed E-state index contributed by atoms with van der Waals surface area (Å²) >= 11 is 0. The van der Waals surface area contributed by atoms with Crippen LogP contribution in [-0.2, 0) is 14.3 Å². The number of benzene rings is 1. The van der Waals surface area contributed by atoms with Crippen molar-refractivity contribution in [1.29, 1.82) is 0 Å². The molecule has 28 heavy (non-hydrogen) atoms. The highest BCUT2D eigenvalue weighted by molar-refractivity contribution is 5.90. The van der Waals surface area contributed by atoms with Crippen LogP contribution < -0.4 is 9.47 Å². The van der Waals surface area contributed by atoms with Crippen LogP contribution in [0.2, 0.25) is 0 Å². The first-order valence-corrected chi connectivity index (χ1v) is 9.04. The third kappa shape index (κ3) is 4.59. The minimum Gasteiger partial charge on any atom is -0.454 e. The summed E-state index contributed by atoms with van der Waals surface area (Å²) in [6, 6.07) is 2.67. The number of esters is 1. The van der Waals surface area contributed by atoms with E-state index in [-0.39, 0.29) is 36.3 Å². The maximum absolute atomic E-state index is 12.2. The molecule has 0 unspecified atom stereocenters. The Morgan fingerprint density at radius 3 is 2.54 bits per heavy atom. The number of likely N-dealkylation sites (tertiary alicyclic amines) is 1. The van der Waals surface area contributed by atoms with Crippen LogP contribution in [0.3, 0.4) is 0 Å². The smallest absolute Gasteiger partial charge is 0.331 e. The average Bonchev–Trinajstić information content (AvgIpc) is 3.10. The van der Waals surface area contributed by atoms with Crippen molar-refractivity contribution in [2.45, 2.75) is 20.3 Å². The van der Waals surface area contributed by atoms with Crippen LogP contribution in [0.1, 0.15) is 25.8 Å². The molecule has 2 aliphatic rings. The molecular weight excluding hydrogens is 368 g/mol. The molecule has 9 heteroatoms. The second-order valence-electron chi connectivity index (χ2n) is 7.21. The van der Waals surface area contributed by atoms with Gasteiger partial charge in [-0.15, -0.1) is 0 Å². The average molecular weight is 390 g/mol. The summed E-state index contributed by atoms with van der Waals surface area (Å²) in [5, 5.41) is 11.2. The van der Waals surface area contributed by atoms with Crippen LogP contribution in [0.25, 0.3) is 6.08 Å². The van der Waals surface area contributed by atoms with E-state index < -0.39 is 10.9 Å². The number of carbonyl (C=O) groups is 2. The Bertz CT molecular complexity index is 811. The van der Waals surface area contributed by atoms with Crippen molar-refractivity contribution in [3.63, 3.8) is 0 Å². The zero-order chi connectivity index (χ0) is 20.3. The van der Waals surface area contributed by atoms with Gasteiger partial charge in [-0.1, -0.05) is 13.8 Å². The fourth-order valence-corrected chi connectivity index (χ4v) is 3.54. The molecule has 2 aliphatic heterocycles. The van der Waals surface area contributed by atoms with Crippen molar-refractivity contribution in [2.75, 3.05) is 26.5 Å². The Hall–Kier alpha value is -3.10. The lowest BCUT2D eigenvalue weighted by Gasteiger charge is -2.34. The lowest BCUT2D eigenvalue weighted by Crippen LogP contribution is -2.44. The molecule has 2 heterocycles. The van der Waals surface area contributed by atoms with Crippen LogP contribution >= 0.6 is 0 Å². The predicted molar refractivity (Wildman–Crippen MR) is 98.7 cm³/mol. The summed E-state index contributed by atoms with van der Waals surface area (Å²) in [6.45, 7) is 5.11. The molecule has 150 valence electrons. The topological polar surface area (TPSA) is 108 Å². The first kappa shape index (κ1) is 19.7. The largest absolute Gasteiger partial charge is 0.454 e. The number of piperidine rings is 1. The van der Waals surface area contributed by atoms with Gasteiger partial charge in [-0.05, 0) is 30.4 Å². The quantitative estimate of drug-likeness (QED) is 0.329. The summed E-state index contributed by atoms with van der Waals surface area (Å²) in [4.78, 5) is 36.5. The molecule has 1 aromatic rings. The lowest BCUT2D eigenvalue weighted by molar-refractivity contribution is -0.385. The molecular formula is C19H22N2O7. The standard InChI is InChI=1S/C19H22N2O7/c1-12-5-13(2)9-20(8-12)18(22)10-26-19(23)4-3-14-6-16-17(28-11-27-16)7-15(14)21(24)25/h3-4,6-7,12-13H,5,8-11H2,1-2H3/b4-3+/t12-,13-/m1/s1. The van der Waals surface area contributed by atoms with Gasteiger partial charge in [0, 0.05) is 19.2 Å². The molecule has 0 saturated carbocycles. The highest BCUT2D eigenvalue weighted by Crippen LogP contribution is 2.38. The van der Waals surface area contributed by atoms with E-state index in [1.165, 1.54) is 18.2 Å². The van der Waals surface area contributed by atoms with E-state index in [9.17, 15) is 19.7 Å². The van der Waals surface area contributed by atoms with E-state index >= 15 is 0 Å². The van der Waals surface area contributed by atoms with E-state index in [1.807, 2.05) is 0 Å². The molecule has 9 nitrogen and oxygen atoms in total. The van der Waals surface area contributed by atoms with Gasteiger partial charge < -0.3 is 19.1 Å². The van der Waals surface area contributed by atoms with Gasteiger partial charge in [0.2, 0.25) is 6.79 Å². The summed E-state index contributed by atoms with van der Waals surface area (Å²) in [6.07, 6.45) is 3.39.